The van der Waals surface area contributed by atoms with Crippen LogP contribution >= 0.6 is 11.3 Å². The van der Waals surface area contributed by atoms with Gasteiger partial charge >= 0.3 is 0 Å². The molecule has 1 unspecified atom stereocenters. The molecule has 7 heteroatoms. The minimum Gasteiger partial charge on any atom is -0.490 e. The lowest BCUT2D eigenvalue weighted by Crippen LogP contribution is -2.29. The average Bonchev–Trinajstić information content (AvgIpc) is 3.01. The first-order valence-electron chi connectivity index (χ1n) is 7.76. The van der Waals surface area contributed by atoms with Gasteiger partial charge in [0.25, 0.3) is 0 Å². The molecule has 0 aliphatic carbocycles. The standard InChI is InChI=1S/C17H21N3O3S/c1-17(21,12-5-8-24-10-12)11-19-16(18)20-13-3-4-14-15(9-13)23-7-2-6-22-14/h3-5,8-10,21H,2,6-7,11H2,1H3,(H3,18,19,20). The molecule has 1 aliphatic rings. The Morgan fingerprint density at radius 2 is 2.12 bits per heavy atom. The molecular weight excluding hydrogens is 326 g/mol. The van der Waals surface area contributed by atoms with Gasteiger partial charge in [-0.1, -0.05) is 0 Å². The molecule has 0 spiro atoms. The fourth-order valence-electron chi connectivity index (χ4n) is 2.33. The van der Waals surface area contributed by atoms with Crippen molar-refractivity contribution in [2.75, 3.05) is 25.1 Å². The van der Waals surface area contributed by atoms with Crippen LogP contribution in [0.25, 0.3) is 0 Å². The highest BCUT2D eigenvalue weighted by Gasteiger charge is 2.23. The second kappa shape index (κ2) is 7.11. The second-order valence-corrected chi connectivity index (χ2v) is 6.60. The van der Waals surface area contributed by atoms with Gasteiger partial charge in [-0.05, 0) is 41.4 Å². The van der Waals surface area contributed by atoms with E-state index in [1.165, 1.54) is 11.3 Å². The van der Waals surface area contributed by atoms with Gasteiger partial charge < -0.3 is 25.6 Å². The average molecular weight is 347 g/mol. The van der Waals surface area contributed by atoms with E-state index < -0.39 is 5.60 Å². The summed E-state index contributed by atoms with van der Waals surface area (Å²) in [6.45, 7) is 3.18. The van der Waals surface area contributed by atoms with E-state index in [4.69, 9.17) is 15.2 Å². The van der Waals surface area contributed by atoms with Gasteiger partial charge in [0.05, 0.1) is 19.8 Å². The smallest absolute Gasteiger partial charge is 0.193 e. The highest BCUT2D eigenvalue weighted by Crippen LogP contribution is 2.32. The molecule has 4 N–H and O–H groups in total. The summed E-state index contributed by atoms with van der Waals surface area (Å²) < 4.78 is 11.2. The summed E-state index contributed by atoms with van der Waals surface area (Å²) in [5.74, 6) is 1.66. The third-order valence-electron chi connectivity index (χ3n) is 3.72. The number of hydrogen-bond donors (Lipinski definition) is 3. The van der Waals surface area contributed by atoms with Gasteiger partial charge in [0, 0.05) is 18.2 Å². The number of rotatable bonds is 4. The lowest BCUT2D eigenvalue weighted by atomic mass is 10.00. The number of anilines is 1. The van der Waals surface area contributed by atoms with E-state index in [2.05, 4.69) is 10.3 Å². The van der Waals surface area contributed by atoms with Crippen molar-refractivity contribution in [1.29, 1.82) is 0 Å². The van der Waals surface area contributed by atoms with Crippen molar-refractivity contribution in [2.24, 2.45) is 10.7 Å². The molecule has 1 aromatic heterocycles. The number of ether oxygens (including phenoxy) is 2. The van der Waals surface area contributed by atoms with Gasteiger partial charge in [-0.2, -0.15) is 11.3 Å². The van der Waals surface area contributed by atoms with Crippen LogP contribution in [0.1, 0.15) is 18.9 Å². The summed E-state index contributed by atoms with van der Waals surface area (Å²) in [7, 11) is 0. The summed E-state index contributed by atoms with van der Waals surface area (Å²) in [5, 5.41) is 17.3. The molecule has 3 rings (SSSR count). The molecule has 1 aliphatic heterocycles. The van der Waals surface area contributed by atoms with Crippen LogP contribution in [-0.4, -0.2) is 30.8 Å². The van der Waals surface area contributed by atoms with E-state index in [0.29, 0.717) is 19.0 Å². The molecule has 2 aromatic rings. The van der Waals surface area contributed by atoms with Crippen LogP contribution < -0.4 is 20.5 Å². The molecule has 0 saturated heterocycles. The van der Waals surface area contributed by atoms with Gasteiger partial charge in [-0.25, -0.2) is 4.99 Å². The first kappa shape index (κ1) is 16.6. The van der Waals surface area contributed by atoms with Gasteiger partial charge in [-0.15, -0.1) is 0 Å². The second-order valence-electron chi connectivity index (χ2n) is 5.82. The molecular formula is C17H21N3O3S. The molecule has 1 aromatic carbocycles. The maximum absolute atomic E-state index is 10.5. The van der Waals surface area contributed by atoms with E-state index in [9.17, 15) is 5.11 Å². The fraction of sp³-hybridized carbons (Fsp3) is 0.353. The van der Waals surface area contributed by atoms with Crippen molar-refractivity contribution in [3.8, 4) is 11.5 Å². The highest BCUT2D eigenvalue weighted by molar-refractivity contribution is 7.08. The highest BCUT2D eigenvalue weighted by atomic mass is 32.1. The van der Waals surface area contributed by atoms with Crippen LogP contribution in [0.2, 0.25) is 0 Å². The molecule has 2 heterocycles. The monoisotopic (exact) mass is 347 g/mol. The Hall–Kier alpha value is -2.25. The number of nitrogens with zero attached hydrogens (tertiary/aromatic N) is 1. The molecule has 1 atom stereocenters. The molecule has 0 fully saturated rings. The van der Waals surface area contributed by atoms with Crippen LogP contribution in [0.4, 0.5) is 5.69 Å². The zero-order valence-corrected chi connectivity index (χ0v) is 14.3. The number of nitrogens with one attached hydrogen (secondary N) is 1. The van der Waals surface area contributed by atoms with Crippen molar-refractivity contribution < 1.29 is 14.6 Å². The van der Waals surface area contributed by atoms with Crippen LogP contribution in [0, 0.1) is 0 Å². The summed E-state index contributed by atoms with van der Waals surface area (Å²) in [6, 6.07) is 7.42. The lowest BCUT2D eigenvalue weighted by molar-refractivity contribution is 0.0678. The number of hydrogen-bond acceptors (Lipinski definition) is 5. The van der Waals surface area contributed by atoms with E-state index in [1.807, 2.05) is 35.0 Å². The number of guanidine groups is 1. The Kier molecular flexibility index (Phi) is 4.92. The summed E-state index contributed by atoms with van der Waals surface area (Å²) in [5.41, 5.74) is 6.48. The van der Waals surface area contributed by atoms with E-state index in [-0.39, 0.29) is 12.5 Å². The van der Waals surface area contributed by atoms with Gasteiger partial charge in [0.2, 0.25) is 0 Å². The molecule has 24 heavy (non-hydrogen) atoms. The van der Waals surface area contributed by atoms with Crippen molar-refractivity contribution in [1.82, 2.24) is 0 Å². The predicted molar refractivity (Wildman–Crippen MR) is 96.1 cm³/mol. The maximum atomic E-state index is 10.5. The third kappa shape index (κ3) is 3.98. The fourth-order valence-corrected chi connectivity index (χ4v) is 3.11. The summed E-state index contributed by atoms with van der Waals surface area (Å²) >= 11 is 1.54. The van der Waals surface area contributed by atoms with E-state index >= 15 is 0 Å². The first-order chi connectivity index (χ1) is 11.5. The van der Waals surface area contributed by atoms with Crippen molar-refractivity contribution in [3.63, 3.8) is 0 Å². The topological polar surface area (TPSA) is 89.1 Å². The van der Waals surface area contributed by atoms with Crippen LogP contribution in [0.5, 0.6) is 11.5 Å². The van der Waals surface area contributed by atoms with Gasteiger partial charge in [-0.3, -0.25) is 0 Å². The number of nitrogens with two attached hydrogens (primary N) is 1. The Morgan fingerprint density at radius 1 is 1.33 bits per heavy atom. The minimum atomic E-state index is -1.04. The largest absolute Gasteiger partial charge is 0.490 e. The number of benzene rings is 1. The summed E-state index contributed by atoms with van der Waals surface area (Å²) in [4.78, 5) is 4.24. The van der Waals surface area contributed by atoms with E-state index in [0.717, 1.165) is 23.4 Å². The van der Waals surface area contributed by atoms with Crippen LogP contribution in [0.15, 0.2) is 40.0 Å². The van der Waals surface area contributed by atoms with Crippen molar-refractivity contribution in [2.45, 2.75) is 18.9 Å². The normalized spacial score (nSPS) is 17.0. The Bertz CT molecular complexity index is 714. The van der Waals surface area contributed by atoms with E-state index in [1.54, 1.807) is 6.92 Å². The van der Waals surface area contributed by atoms with Crippen molar-refractivity contribution >= 4 is 23.0 Å². The number of thiophene rings is 1. The molecule has 6 nitrogen and oxygen atoms in total. The predicted octanol–water partition coefficient (Wildman–Crippen LogP) is 2.54. The van der Waals surface area contributed by atoms with Gasteiger partial charge in [0.1, 0.15) is 5.60 Å². The number of aliphatic hydroxyl groups is 1. The molecule has 0 bridgehead atoms. The molecule has 128 valence electrons. The minimum absolute atomic E-state index is 0.174. The Labute approximate surface area is 144 Å². The Morgan fingerprint density at radius 3 is 2.88 bits per heavy atom. The molecule has 0 amide bonds. The SMILES string of the molecule is CC(O)(CN=C(N)Nc1ccc2c(c1)OCCCO2)c1ccsc1. The van der Waals surface area contributed by atoms with Crippen LogP contribution in [-0.2, 0) is 5.60 Å². The quantitative estimate of drug-likeness (QED) is 0.584. The summed E-state index contributed by atoms with van der Waals surface area (Å²) in [6.07, 6.45) is 0.860. The zero-order valence-electron chi connectivity index (χ0n) is 13.5. The Balaban J connectivity index is 1.66. The number of aliphatic imine (C=N–C) groups is 1. The van der Waals surface area contributed by atoms with Gasteiger partial charge in [0.15, 0.2) is 17.5 Å². The lowest BCUT2D eigenvalue weighted by Gasteiger charge is -2.20. The first-order valence-corrected chi connectivity index (χ1v) is 8.70. The third-order valence-corrected chi connectivity index (χ3v) is 4.40. The number of fused-ring (bicyclic) bond motifs is 1. The van der Waals surface area contributed by atoms with Crippen LogP contribution in [0.3, 0.4) is 0 Å². The zero-order chi connectivity index (χ0) is 17.0. The van der Waals surface area contributed by atoms with Crippen molar-refractivity contribution in [3.05, 3.63) is 40.6 Å². The molecule has 0 radical (unpaired) electrons. The maximum Gasteiger partial charge on any atom is 0.193 e. The molecule has 0 saturated carbocycles.